The van der Waals surface area contributed by atoms with E-state index in [4.69, 9.17) is 14.2 Å². The van der Waals surface area contributed by atoms with Crippen molar-refractivity contribution in [2.75, 3.05) is 19.2 Å². The zero-order valence-corrected chi connectivity index (χ0v) is 15.8. The monoisotopic (exact) mass is 392 g/mol. The van der Waals surface area contributed by atoms with Crippen LogP contribution in [0.1, 0.15) is 21.6 Å². The molecule has 0 aliphatic carbocycles. The van der Waals surface area contributed by atoms with E-state index in [0.29, 0.717) is 18.9 Å². The summed E-state index contributed by atoms with van der Waals surface area (Å²) in [5.41, 5.74) is 2.18. The molecule has 148 valence electrons. The van der Waals surface area contributed by atoms with E-state index in [9.17, 15) is 4.79 Å². The minimum absolute atomic E-state index is 0.242. The van der Waals surface area contributed by atoms with Crippen molar-refractivity contribution in [3.05, 3.63) is 71.7 Å². The number of fused-ring (bicyclic) bond motifs is 1. The van der Waals surface area contributed by atoms with Crippen LogP contribution in [0.4, 0.5) is 5.82 Å². The number of amides is 1. The Kier molecular flexibility index (Phi) is 5.42. The Morgan fingerprint density at radius 1 is 1.07 bits per heavy atom. The van der Waals surface area contributed by atoms with Gasteiger partial charge in [0.2, 0.25) is 6.79 Å². The van der Waals surface area contributed by atoms with E-state index in [-0.39, 0.29) is 18.4 Å². The van der Waals surface area contributed by atoms with Crippen molar-refractivity contribution < 1.29 is 19.0 Å². The topological polar surface area (TPSA) is 94.6 Å². The highest BCUT2D eigenvalue weighted by Gasteiger charge is 2.14. The summed E-state index contributed by atoms with van der Waals surface area (Å²) in [5.74, 6) is 2.46. The third-order valence-electron chi connectivity index (χ3n) is 4.44. The van der Waals surface area contributed by atoms with E-state index in [1.165, 1.54) is 6.33 Å². The van der Waals surface area contributed by atoms with Crippen LogP contribution in [0.15, 0.2) is 54.9 Å². The number of rotatable bonds is 7. The second-order valence-corrected chi connectivity index (χ2v) is 6.32. The number of carbonyl (C=O) groups is 1. The van der Waals surface area contributed by atoms with E-state index in [0.717, 1.165) is 28.4 Å². The molecule has 0 saturated heterocycles. The molecule has 2 heterocycles. The summed E-state index contributed by atoms with van der Waals surface area (Å²) in [4.78, 5) is 20.7. The van der Waals surface area contributed by atoms with Gasteiger partial charge in [-0.15, -0.1) is 0 Å². The van der Waals surface area contributed by atoms with Gasteiger partial charge in [-0.1, -0.05) is 24.3 Å². The number of hydrogen-bond donors (Lipinski definition) is 2. The second-order valence-electron chi connectivity index (χ2n) is 6.32. The van der Waals surface area contributed by atoms with Crippen molar-refractivity contribution >= 4 is 11.7 Å². The van der Waals surface area contributed by atoms with Crippen LogP contribution in [0, 0.1) is 0 Å². The zero-order chi connectivity index (χ0) is 20.1. The summed E-state index contributed by atoms with van der Waals surface area (Å²) < 4.78 is 16.0. The van der Waals surface area contributed by atoms with Crippen molar-refractivity contribution in [2.24, 2.45) is 0 Å². The van der Waals surface area contributed by atoms with E-state index >= 15 is 0 Å². The van der Waals surface area contributed by atoms with Crippen molar-refractivity contribution in [1.82, 2.24) is 15.3 Å². The average Bonchev–Trinajstić information content (AvgIpc) is 3.24. The van der Waals surface area contributed by atoms with Crippen LogP contribution in [0.25, 0.3) is 0 Å². The van der Waals surface area contributed by atoms with Gasteiger partial charge in [0.05, 0.1) is 7.11 Å². The molecule has 0 fully saturated rings. The van der Waals surface area contributed by atoms with Gasteiger partial charge in [0.15, 0.2) is 11.5 Å². The number of methoxy groups -OCH3 is 1. The van der Waals surface area contributed by atoms with Crippen molar-refractivity contribution in [2.45, 2.75) is 13.1 Å². The van der Waals surface area contributed by atoms with Crippen molar-refractivity contribution in [1.29, 1.82) is 0 Å². The Hall–Kier alpha value is -3.81. The molecule has 1 aliphatic rings. The first kappa shape index (κ1) is 18.5. The molecule has 1 aliphatic heterocycles. The smallest absolute Gasteiger partial charge is 0.270 e. The third-order valence-corrected chi connectivity index (χ3v) is 4.44. The molecule has 2 aromatic carbocycles. The summed E-state index contributed by atoms with van der Waals surface area (Å²) in [7, 11) is 1.60. The first-order valence-corrected chi connectivity index (χ1v) is 9.07. The first-order chi connectivity index (χ1) is 14.2. The first-order valence-electron chi connectivity index (χ1n) is 9.07. The highest BCUT2D eigenvalue weighted by atomic mass is 16.7. The third kappa shape index (κ3) is 4.37. The molecule has 2 N–H and O–H groups in total. The summed E-state index contributed by atoms with van der Waals surface area (Å²) >= 11 is 0. The summed E-state index contributed by atoms with van der Waals surface area (Å²) in [6, 6.07) is 14.9. The van der Waals surface area contributed by atoms with Gasteiger partial charge in [-0.2, -0.15) is 0 Å². The van der Waals surface area contributed by atoms with Gasteiger partial charge in [-0.05, 0) is 23.8 Å². The van der Waals surface area contributed by atoms with Crippen LogP contribution in [0.5, 0.6) is 17.2 Å². The average molecular weight is 392 g/mol. The van der Waals surface area contributed by atoms with E-state index in [1.54, 1.807) is 13.2 Å². The Bertz CT molecular complexity index is 1030. The maximum absolute atomic E-state index is 12.5. The van der Waals surface area contributed by atoms with Crippen LogP contribution in [0.3, 0.4) is 0 Å². The summed E-state index contributed by atoms with van der Waals surface area (Å²) in [6.45, 7) is 1.11. The lowest BCUT2D eigenvalue weighted by atomic mass is 10.2. The molecule has 0 unspecified atom stereocenters. The lowest BCUT2D eigenvalue weighted by Gasteiger charge is -2.10. The number of anilines is 1. The molecule has 0 saturated carbocycles. The van der Waals surface area contributed by atoms with Crippen molar-refractivity contribution in [3.8, 4) is 17.2 Å². The van der Waals surface area contributed by atoms with Gasteiger partial charge >= 0.3 is 0 Å². The van der Waals surface area contributed by atoms with Crippen LogP contribution < -0.4 is 24.8 Å². The minimum atomic E-state index is -0.288. The molecule has 0 atom stereocenters. The fourth-order valence-corrected chi connectivity index (χ4v) is 2.94. The fraction of sp³-hybridized carbons (Fsp3) is 0.190. The van der Waals surface area contributed by atoms with Gasteiger partial charge in [0.25, 0.3) is 5.91 Å². The number of para-hydroxylation sites is 1. The molecular formula is C21H20N4O4. The van der Waals surface area contributed by atoms with Gasteiger partial charge in [-0.3, -0.25) is 4.79 Å². The summed E-state index contributed by atoms with van der Waals surface area (Å²) in [5, 5.41) is 6.04. The number of nitrogens with one attached hydrogen (secondary N) is 2. The molecule has 29 heavy (non-hydrogen) atoms. The number of aromatic nitrogens is 2. The number of carbonyl (C=O) groups excluding carboxylic acids is 1. The lowest BCUT2D eigenvalue weighted by molar-refractivity contribution is 0.0945. The minimum Gasteiger partial charge on any atom is -0.496 e. The van der Waals surface area contributed by atoms with E-state index in [2.05, 4.69) is 20.6 Å². The van der Waals surface area contributed by atoms with Gasteiger partial charge in [-0.25, -0.2) is 9.97 Å². The molecule has 8 nitrogen and oxygen atoms in total. The molecule has 4 rings (SSSR count). The highest BCUT2D eigenvalue weighted by molar-refractivity contribution is 5.92. The number of nitrogens with zero attached hydrogens (tertiary/aromatic N) is 2. The predicted octanol–water partition coefficient (Wildman–Crippen LogP) is 2.76. The fourth-order valence-electron chi connectivity index (χ4n) is 2.94. The second kappa shape index (κ2) is 8.47. The highest BCUT2D eigenvalue weighted by Crippen LogP contribution is 2.32. The van der Waals surface area contributed by atoms with Crippen LogP contribution in [-0.2, 0) is 13.1 Å². The van der Waals surface area contributed by atoms with Crippen LogP contribution in [0.2, 0.25) is 0 Å². The van der Waals surface area contributed by atoms with Crippen LogP contribution in [-0.4, -0.2) is 29.8 Å². The SMILES string of the molecule is COc1ccccc1CNC(=O)c1cc(NCc2ccc3c(c2)OCO3)ncn1. The Morgan fingerprint density at radius 2 is 1.93 bits per heavy atom. The number of hydrogen-bond acceptors (Lipinski definition) is 7. The molecule has 0 spiro atoms. The van der Waals surface area contributed by atoms with Gasteiger partial charge in [0, 0.05) is 24.7 Å². The molecule has 1 amide bonds. The molecule has 0 bridgehead atoms. The predicted molar refractivity (Wildman–Crippen MR) is 106 cm³/mol. The van der Waals surface area contributed by atoms with Crippen LogP contribution >= 0.6 is 0 Å². The normalized spacial score (nSPS) is 11.8. The quantitative estimate of drug-likeness (QED) is 0.638. The Labute approximate surface area is 167 Å². The number of ether oxygens (including phenoxy) is 3. The molecular weight excluding hydrogens is 372 g/mol. The maximum Gasteiger partial charge on any atom is 0.270 e. The van der Waals surface area contributed by atoms with Gasteiger partial charge < -0.3 is 24.8 Å². The van der Waals surface area contributed by atoms with Crippen molar-refractivity contribution in [3.63, 3.8) is 0 Å². The molecule has 8 heteroatoms. The molecule has 1 aromatic heterocycles. The standard InChI is InChI=1S/C21H20N4O4/c1-27-17-5-3-2-4-15(17)11-23-21(26)16-9-20(25-12-24-16)22-10-14-6-7-18-19(8-14)29-13-28-18/h2-9,12H,10-11,13H2,1H3,(H,23,26)(H,22,24,25). The zero-order valence-electron chi connectivity index (χ0n) is 15.8. The largest absolute Gasteiger partial charge is 0.496 e. The van der Waals surface area contributed by atoms with E-state index < -0.39 is 0 Å². The summed E-state index contributed by atoms with van der Waals surface area (Å²) in [6.07, 6.45) is 1.36. The molecule has 3 aromatic rings. The number of benzene rings is 2. The van der Waals surface area contributed by atoms with Gasteiger partial charge in [0.1, 0.15) is 23.6 Å². The van der Waals surface area contributed by atoms with E-state index in [1.807, 2.05) is 42.5 Å². The molecule has 0 radical (unpaired) electrons. The lowest BCUT2D eigenvalue weighted by Crippen LogP contribution is -2.24. The Morgan fingerprint density at radius 3 is 2.83 bits per heavy atom. The maximum atomic E-state index is 12.5. The Balaban J connectivity index is 1.37.